The number of carbonyl (C=O) groups is 1. The van der Waals surface area contributed by atoms with Gasteiger partial charge < -0.3 is 21.1 Å². The van der Waals surface area contributed by atoms with Crippen LogP contribution in [-0.4, -0.2) is 41.8 Å². The zero-order valence-electron chi connectivity index (χ0n) is 14.7. The summed E-state index contributed by atoms with van der Waals surface area (Å²) in [6, 6.07) is 6.33. The standard InChI is InChI=1S/C18H28FN3O2/c1-17(2,3)24-16(23)22-10-8-18(21,9-11-22)15(12-20)13-4-6-14(19)7-5-13/h4-7,15H,8-12,20-21H2,1-3H3. The normalized spacial score (nSPS) is 19.0. The van der Waals surface area contributed by atoms with E-state index >= 15 is 0 Å². The van der Waals surface area contributed by atoms with E-state index in [4.69, 9.17) is 16.2 Å². The second kappa shape index (κ2) is 7.07. The van der Waals surface area contributed by atoms with E-state index in [1.807, 2.05) is 20.8 Å². The van der Waals surface area contributed by atoms with Crippen LogP contribution in [-0.2, 0) is 4.74 Å². The Morgan fingerprint density at radius 1 is 1.29 bits per heavy atom. The molecule has 24 heavy (non-hydrogen) atoms. The van der Waals surface area contributed by atoms with Crippen LogP contribution in [0.15, 0.2) is 24.3 Å². The maximum Gasteiger partial charge on any atom is 0.410 e. The van der Waals surface area contributed by atoms with Gasteiger partial charge in [0.05, 0.1) is 0 Å². The molecule has 2 rings (SSSR count). The van der Waals surface area contributed by atoms with Gasteiger partial charge in [-0.25, -0.2) is 9.18 Å². The molecular weight excluding hydrogens is 309 g/mol. The molecule has 0 bridgehead atoms. The number of carbonyl (C=O) groups excluding carboxylic acids is 1. The Morgan fingerprint density at radius 2 is 1.83 bits per heavy atom. The summed E-state index contributed by atoms with van der Waals surface area (Å²) in [5, 5.41) is 0. The Hall–Kier alpha value is -1.66. The van der Waals surface area contributed by atoms with Gasteiger partial charge in [-0.15, -0.1) is 0 Å². The van der Waals surface area contributed by atoms with Crippen molar-refractivity contribution < 1.29 is 13.9 Å². The van der Waals surface area contributed by atoms with Gasteiger partial charge in [0.2, 0.25) is 0 Å². The lowest BCUT2D eigenvalue weighted by Crippen LogP contribution is -2.57. The molecule has 1 aliphatic heterocycles. The van der Waals surface area contributed by atoms with Crippen LogP contribution in [0.4, 0.5) is 9.18 Å². The van der Waals surface area contributed by atoms with Crippen molar-refractivity contribution >= 4 is 6.09 Å². The molecule has 1 aliphatic rings. The second-order valence-corrected chi connectivity index (χ2v) is 7.54. The van der Waals surface area contributed by atoms with Gasteiger partial charge in [0, 0.05) is 31.1 Å². The van der Waals surface area contributed by atoms with Crippen molar-refractivity contribution in [1.29, 1.82) is 0 Å². The second-order valence-electron chi connectivity index (χ2n) is 7.54. The number of amides is 1. The highest BCUT2D eigenvalue weighted by Gasteiger charge is 2.40. The number of hydrogen-bond acceptors (Lipinski definition) is 4. The van der Waals surface area contributed by atoms with E-state index < -0.39 is 11.1 Å². The summed E-state index contributed by atoms with van der Waals surface area (Å²) in [6.45, 7) is 6.99. The van der Waals surface area contributed by atoms with Crippen molar-refractivity contribution in [3.05, 3.63) is 35.6 Å². The molecule has 134 valence electrons. The number of halogens is 1. The van der Waals surface area contributed by atoms with Gasteiger partial charge in [0.15, 0.2) is 0 Å². The van der Waals surface area contributed by atoms with Crippen LogP contribution in [0, 0.1) is 5.82 Å². The number of ether oxygens (including phenoxy) is 1. The summed E-state index contributed by atoms with van der Waals surface area (Å²) in [5.74, 6) is -0.348. The topological polar surface area (TPSA) is 81.6 Å². The average Bonchev–Trinajstić information content (AvgIpc) is 2.48. The molecular formula is C18H28FN3O2. The van der Waals surface area contributed by atoms with E-state index in [9.17, 15) is 9.18 Å². The van der Waals surface area contributed by atoms with E-state index in [1.165, 1.54) is 12.1 Å². The van der Waals surface area contributed by atoms with Gasteiger partial charge in [-0.05, 0) is 51.3 Å². The lowest BCUT2D eigenvalue weighted by Gasteiger charge is -2.44. The number of piperidine rings is 1. The molecule has 6 heteroatoms. The smallest absolute Gasteiger partial charge is 0.410 e. The minimum absolute atomic E-state index is 0.0705. The highest BCUT2D eigenvalue weighted by molar-refractivity contribution is 5.68. The van der Waals surface area contributed by atoms with Crippen molar-refractivity contribution in [3.8, 4) is 0 Å². The molecule has 0 radical (unpaired) electrons. The van der Waals surface area contributed by atoms with Crippen LogP contribution < -0.4 is 11.5 Å². The molecule has 0 spiro atoms. The SMILES string of the molecule is CC(C)(C)OC(=O)N1CCC(N)(C(CN)c2ccc(F)cc2)CC1. The summed E-state index contributed by atoms with van der Waals surface area (Å²) in [4.78, 5) is 13.9. The van der Waals surface area contributed by atoms with Crippen LogP contribution >= 0.6 is 0 Å². The maximum absolute atomic E-state index is 13.1. The molecule has 0 saturated carbocycles. The van der Waals surface area contributed by atoms with Gasteiger partial charge in [0.1, 0.15) is 11.4 Å². The number of hydrogen-bond donors (Lipinski definition) is 2. The predicted octanol–water partition coefficient (Wildman–Crippen LogP) is 2.60. The maximum atomic E-state index is 13.1. The lowest BCUT2D eigenvalue weighted by molar-refractivity contribution is 0.0155. The Morgan fingerprint density at radius 3 is 2.29 bits per heavy atom. The predicted molar refractivity (Wildman–Crippen MR) is 92.2 cm³/mol. The molecule has 1 fully saturated rings. The minimum atomic E-state index is -0.512. The Balaban J connectivity index is 2.04. The Bertz CT molecular complexity index is 561. The zero-order valence-corrected chi connectivity index (χ0v) is 14.7. The molecule has 1 saturated heterocycles. The summed E-state index contributed by atoms with van der Waals surface area (Å²) in [7, 11) is 0. The van der Waals surface area contributed by atoms with Crippen LogP contribution in [0.1, 0.15) is 45.1 Å². The first-order valence-electron chi connectivity index (χ1n) is 8.37. The van der Waals surface area contributed by atoms with Crippen molar-refractivity contribution in [3.63, 3.8) is 0 Å². The van der Waals surface area contributed by atoms with Gasteiger partial charge >= 0.3 is 6.09 Å². The number of nitrogens with zero attached hydrogens (tertiary/aromatic N) is 1. The van der Waals surface area contributed by atoms with E-state index in [0.717, 1.165) is 5.56 Å². The molecule has 1 unspecified atom stereocenters. The molecule has 5 nitrogen and oxygen atoms in total. The Kier molecular flexibility index (Phi) is 5.50. The highest BCUT2D eigenvalue weighted by atomic mass is 19.1. The first-order valence-corrected chi connectivity index (χ1v) is 8.37. The van der Waals surface area contributed by atoms with Crippen LogP contribution in [0.5, 0.6) is 0 Å². The third kappa shape index (κ3) is 4.45. The fourth-order valence-electron chi connectivity index (χ4n) is 3.18. The minimum Gasteiger partial charge on any atom is -0.444 e. The molecule has 1 aromatic rings. The summed E-state index contributed by atoms with van der Waals surface area (Å²) < 4.78 is 18.6. The lowest BCUT2D eigenvalue weighted by atomic mass is 9.74. The zero-order chi connectivity index (χ0) is 18.0. The molecule has 1 aromatic carbocycles. The molecule has 1 atom stereocenters. The monoisotopic (exact) mass is 337 g/mol. The van der Waals surface area contributed by atoms with Gasteiger partial charge in [-0.1, -0.05) is 12.1 Å². The highest BCUT2D eigenvalue weighted by Crippen LogP contribution is 2.34. The van der Waals surface area contributed by atoms with Gasteiger partial charge in [0.25, 0.3) is 0 Å². The summed E-state index contributed by atoms with van der Waals surface area (Å²) >= 11 is 0. The first-order chi connectivity index (χ1) is 11.1. The molecule has 4 N–H and O–H groups in total. The third-order valence-electron chi connectivity index (χ3n) is 4.55. The number of benzene rings is 1. The molecule has 0 aliphatic carbocycles. The van der Waals surface area contributed by atoms with Crippen molar-refractivity contribution in [2.45, 2.75) is 50.7 Å². The fourth-order valence-corrected chi connectivity index (χ4v) is 3.18. The number of nitrogens with two attached hydrogens (primary N) is 2. The fraction of sp³-hybridized carbons (Fsp3) is 0.611. The first kappa shape index (κ1) is 18.7. The number of rotatable bonds is 3. The van der Waals surface area contributed by atoms with Crippen LogP contribution in [0.2, 0.25) is 0 Å². The largest absolute Gasteiger partial charge is 0.444 e. The van der Waals surface area contributed by atoms with E-state index in [2.05, 4.69) is 0 Å². The molecule has 1 amide bonds. The van der Waals surface area contributed by atoms with E-state index in [0.29, 0.717) is 32.5 Å². The third-order valence-corrected chi connectivity index (χ3v) is 4.55. The number of likely N-dealkylation sites (tertiary alicyclic amines) is 1. The van der Waals surface area contributed by atoms with Crippen molar-refractivity contribution in [2.75, 3.05) is 19.6 Å². The van der Waals surface area contributed by atoms with Crippen molar-refractivity contribution in [2.24, 2.45) is 11.5 Å². The van der Waals surface area contributed by atoms with Crippen molar-refractivity contribution in [1.82, 2.24) is 4.90 Å². The summed E-state index contributed by atoms with van der Waals surface area (Å²) in [6.07, 6.45) is 0.951. The van der Waals surface area contributed by atoms with E-state index in [-0.39, 0.29) is 17.8 Å². The molecule has 1 heterocycles. The van der Waals surface area contributed by atoms with E-state index in [1.54, 1.807) is 17.0 Å². The van der Waals surface area contributed by atoms with Crippen LogP contribution in [0.25, 0.3) is 0 Å². The molecule has 0 aromatic heterocycles. The van der Waals surface area contributed by atoms with Gasteiger partial charge in [-0.2, -0.15) is 0 Å². The Labute approximate surface area is 143 Å². The quantitative estimate of drug-likeness (QED) is 0.888. The van der Waals surface area contributed by atoms with Crippen LogP contribution in [0.3, 0.4) is 0 Å². The van der Waals surface area contributed by atoms with Gasteiger partial charge in [-0.3, -0.25) is 0 Å². The average molecular weight is 337 g/mol. The summed E-state index contributed by atoms with van der Waals surface area (Å²) in [5.41, 5.74) is 12.5.